The number of hydrogen-bond acceptors (Lipinski definition) is 3. The molecule has 126 valence electrons. The third kappa shape index (κ3) is 4.16. The Morgan fingerprint density at radius 3 is 2.56 bits per heavy atom. The molecule has 6 heteroatoms. The first-order valence-electron chi connectivity index (χ1n) is 7.58. The lowest BCUT2D eigenvalue weighted by atomic mass is 10.0. The molecule has 0 aliphatic carbocycles. The third-order valence-electron chi connectivity index (χ3n) is 3.80. The van der Waals surface area contributed by atoms with Crippen LogP contribution in [0, 0.1) is 0 Å². The summed E-state index contributed by atoms with van der Waals surface area (Å²) in [7, 11) is 0. The summed E-state index contributed by atoms with van der Waals surface area (Å²) >= 11 is 12.8. The summed E-state index contributed by atoms with van der Waals surface area (Å²) in [4.78, 5) is 26.7. The summed E-state index contributed by atoms with van der Waals surface area (Å²) in [5.74, 6) is 0. The smallest absolute Gasteiger partial charge is 0.250 e. The predicted octanol–water partition coefficient (Wildman–Crippen LogP) is 4.00. The minimum atomic E-state index is -0.101. The van der Waals surface area contributed by atoms with E-state index >= 15 is 0 Å². The summed E-state index contributed by atoms with van der Waals surface area (Å²) in [5.41, 5.74) is 2.88. The zero-order chi connectivity index (χ0) is 17.8. The molecule has 0 bridgehead atoms. The van der Waals surface area contributed by atoms with Crippen LogP contribution in [0.25, 0.3) is 0 Å². The van der Waals surface area contributed by atoms with Crippen LogP contribution < -0.4 is 5.56 Å². The van der Waals surface area contributed by atoms with Gasteiger partial charge in [-0.3, -0.25) is 14.6 Å². The molecule has 1 aromatic carbocycles. The number of rotatable bonds is 5. The maximum atomic E-state index is 11.8. The van der Waals surface area contributed by atoms with E-state index in [0.29, 0.717) is 28.6 Å². The van der Waals surface area contributed by atoms with Gasteiger partial charge in [-0.05, 0) is 41.0 Å². The van der Waals surface area contributed by atoms with Crippen molar-refractivity contribution in [2.45, 2.75) is 13.0 Å². The molecule has 0 saturated carbocycles. The summed E-state index contributed by atoms with van der Waals surface area (Å²) in [6.45, 7) is 0.348. The molecule has 2 heterocycles. The Hall–Kier alpha value is -2.43. The van der Waals surface area contributed by atoms with Crippen molar-refractivity contribution in [3.63, 3.8) is 0 Å². The largest absolute Gasteiger partial charge is 0.311 e. The van der Waals surface area contributed by atoms with E-state index in [-0.39, 0.29) is 5.56 Å². The average molecular weight is 373 g/mol. The topological polar surface area (TPSA) is 52.0 Å². The average Bonchev–Trinajstić information content (AvgIpc) is 2.61. The molecule has 0 aliphatic rings. The van der Waals surface area contributed by atoms with Gasteiger partial charge in [0.15, 0.2) is 6.29 Å². The van der Waals surface area contributed by atoms with Crippen LogP contribution in [0.5, 0.6) is 0 Å². The Balaban J connectivity index is 1.88. The highest BCUT2D eigenvalue weighted by Crippen LogP contribution is 2.27. The Bertz CT molecular complexity index is 983. The van der Waals surface area contributed by atoms with Crippen LogP contribution in [0.4, 0.5) is 0 Å². The molecule has 3 aromatic rings. The van der Waals surface area contributed by atoms with Gasteiger partial charge in [0.1, 0.15) is 0 Å². The molecule has 0 N–H and O–H groups in total. The number of carbonyl (C=O) groups is 1. The van der Waals surface area contributed by atoms with Gasteiger partial charge < -0.3 is 4.57 Å². The number of halogens is 2. The maximum absolute atomic E-state index is 11.8. The van der Waals surface area contributed by atoms with Gasteiger partial charge >= 0.3 is 0 Å². The van der Waals surface area contributed by atoms with Crippen molar-refractivity contribution >= 4 is 29.5 Å². The maximum Gasteiger partial charge on any atom is 0.250 e. The van der Waals surface area contributed by atoms with E-state index in [2.05, 4.69) is 4.98 Å². The number of hydrogen-bond donors (Lipinski definition) is 0. The molecular weight excluding hydrogens is 359 g/mol. The van der Waals surface area contributed by atoms with Gasteiger partial charge in [-0.1, -0.05) is 29.3 Å². The fraction of sp³-hybridized carbons (Fsp3) is 0.105. The molecule has 25 heavy (non-hydrogen) atoms. The van der Waals surface area contributed by atoms with E-state index in [1.165, 1.54) is 12.3 Å². The highest BCUT2D eigenvalue weighted by molar-refractivity contribution is 6.34. The van der Waals surface area contributed by atoms with Crippen molar-refractivity contribution in [3.8, 4) is 0 Å². The summed E-state index contributed by atoms with van der Waals surface area (Å²) < 4.78 is 1.56. The Labute approximate surface area is 154 Å². The standard InChI is InChI=1S/C19H14Cl2N2O2/c20-17-8-16(11-23-4-2-1-3-19(23)25)18(21)7-15(17)6-13-5-14(12-24)10-22-9-13/h1-5,7-10,12H,6,11H2. The number of carbonyl (C=O) groups excluding carboxylic acids is 1. The molecule has 3 rings (SSSR count). The highest BCUT2D eigenvalue weighted by Gasteiger charge is 2.10. The fourth-order valence-corrected chi connectivity index (χ4v) is 3.05. The normalized spacial score (nSPS) is 10.6. The summed E-state index contributed by atoms with van der Waals surface area (Å²) in [5, 5.41) is 1.09. The number of benzene rings is 1. The van der Waals surface area contributed by atoms with Crippen LogP contribution in [0.1, 0.15) is 27.0 Å². The zero-order valence-corrected chi connectivity index (χ0v) is 14.7. The van der Waals surface area contributed by atoms with Crippen LogP contribution in [0.2, 0.25) is 10.0 Å². The lowest BCUT2D eigenvalue weighted by molar-refractivity contribution is 0.112. The molecule has 0 atom stereocenters. The van der Waals surface area contributed by atoms with Gasteiger partial charge in [0.05, 0.1) is 6.54 Å². The van der Waals surface area contributed by atoms with Crippen LogP contribution in [-0.2, 0) is 13.0 Å². The lowest BCUT2D eigenvalue weighted by Crippen LogP contribution is -2.18. The molecule has 0 aliphatic heterocycles. The highest BCUT2D eigenvalue weighted by atomic mass is 35.5. The van der Waals surface area contributed by atoms with Crippen molar-refractivity contribution in [2.24, 2.45) is 0 Å². The van der Waals surface area contributed by atoms with E-state index in [0.717, 1.165) is 23.0 Å². The van der Waals surface area contributed by atoms with E-state index in [9.17, 15) is 9.59 Å². The van der Waals surface area contributed by atoms with E-state index < -0.39 is 0 Å². The third-order valence-corrected chi connectivity index (χ3v) is 4.51. The minimum absolute atomic E-state index is 0.101. The van der Waals surface area contributed by atoms with Crippen LogP contribution in [0.15, 0.2) is 59.8 Å². The molecule has 0 spiro atoms. The molecule has 2 aromatic heterocycles. The second-order valence-electron chi connectivity index (χ2n) is 5.62. The SMILES string of the molecule is O=Cc1cncc(Cc2cc(Cl)c(Cn3ccccc3=O)cc2Cl)c1. The first kappa shape index (κ1) is 17.4. The van der Waals surface area contributed by atoms with Gasteiger partial charge in [-0.25, -0.2) is 0 Å². The Kier molecular flexibility index (Phi) is 5.31. The quantitative estimate of drug-likeness (QED) is 0.636. The molecule has 0 fully saturated rings. The van der Waals surface area contributed by atoms with Crippen molar-refractivity contribution in [1.82, 2.24) is 9.55 Å². The number of aromatic nitrogens is 2. The van der Waals surface area contributed by atoms with Crippen LogP contribution in [-0.4, -0.2) is 15.8 Å². The van der Waals surface area contributed by atoms with Crippen molar-refractivity contribution in [2.75, 3.05) is 0 Å². The lowest BCUT2D eigenvalue weighted by Gasteiger charge is -2.11. The monoisotopic (exact) mass is 372 g/mol. The summed E-state index contributed by atoms with van der Waals surface area (Å²) in [6, 6.07) is 10.3. The molecule has 0 unspecified atom stereocenters. The van der Waals surface area contributed by atoms with Gasteiger partial charge in [0.2, 0.25) is 0 Å². The molecular formula is C19H14Cl2N2O2. The van der Waals surface area contributed by atoms with Gasteiger partial charge in [-0.2, -0.15) is 0 Å². The molecule has 0 saturated heterocycles. The first-order chi connectivity index (χ1) is 12.1. The van der Waals surface area contributed by atoms with Crippen molar-refractivity contribution in [1.29, 1.82) is 0 Å². The predicted molar refractivity (Wildman–Crippen MR) is 98.7 cm³/mol. The van der Waals surface area contributed by atoms with Gasteiger partial charge in [-0.15, -0.1) is 0 Å². The fourth-order valence-electron chi connectivity index (χ4n) is 2.55. The minimum Gasteiger partial charge on any atom is -0.311 e. The molecule has 0 amide bonds. The van der Waals surface area contributed by atoms with E-state index in [1.807, 2.05) is 0 Å². The van der Waals surface area contributed by atoms with Gasteiger partial charge in [0, 0.05) is 46.7 Å². The molecule has 4 nitrogen and oxygen atoms in total. The zero-order valence-electron chi connectivity index (χ0n) is 13.2. The number of nitrogens with zero attached hydrogens (tertiary/aromatic N) is 2. The Morgan fingerprint density at radius 1 is 1.04 bits per heavy atom. The van der Waals surface area contributed by atoms with Crippen molar-refractivity contribution in [3.05, 3.63) is 97.6 Å². The van der Waals surface area contributed by atoms with Crippen LogP contribution in [0.3, 0.4) is 0 Å². The molecule has 0 radical (unpaired) electrons. The Morgan fingerprint density at radius 2 is 1.80 bits per heavy atom. The number of aldehydes is 1. The van der Waals surface area contributed by atoms with Gasteiger partial charge in [0.25, 0.3) is 5.56 Å². The van der Waals surface area contributed by atoms with E-state index in [1.54, 1.807) is 47.3 Å². The van der Waals surface area contributed by atoms with E-state index in [4.69, 9.17) is 23.2 Å². The van der Waals surface area contributed by atoms with Crippen LogP contribution >= 0.6 is 23.2 Å². The number of pyridine rings is 2. The first-order valence-corrected chi connectivity index (χ1v) is 8.34. The second kappa shape index (κ2) is 7.64. The second-order valence-corrected chi connectivity index (χ2v) is 6.44. The van der Waals surface area contributed by atoms with Crippen molar-refractivity contribution < 1.29 is 4.79 Å². The summed E-state index contributed by atoms with van der Waals surface area (Å²) in [6.07, 6.45) is 6.17.